The van der Waals surface area contributed by atoms with Crippen LogP contribution in [-0.4, -0.2) is 24.7 Å². The molecule has 0 amide bonds. The Labute approximate surface area is 198 Å². The molecular formula is C23H18ClN9O. The zero-order valence-electron chi connectivity index (χ0n) is 17.7. The van der Waals surface area contributed by atoms with Crippen LogP contribution in [0.3, 0.4) is 0 Å². The second-order valence-electron chi connectivity index (χ2n) is 7.59. The lowest BCUT2D eigenvalue weighted by molar-refractivity contribution is 0.680. The van der Waals surface area contributed by atoms with Gasteiger partial charge in [-0.15, -0.1) is 0 Å². The number of aromatic nitrogens is 5. The smallest absolute Gasteiger partial charge is 0.323 e. The first-order valence-electron chi connectivity index (χ1n) is 10.2. The first kappa shape index (κ1) is 21.3. The molecular weight excluding hydrogens is 454 g/mol. The molecule has 6 N–H and O–H groups in total. The first-order valence-corrected chi connectivity index (χ1v) is 10.5. The third-order valence-corrected chi connectivity index (χ3v) is 5.74. The minimum absolute atomic E-state index is 0.301. The van der Waals surface area contributed by atoms with Crippen molar-refractivity contribution in [2.75, 3.05) is 10.7 Å². The molecule has 5 rings (SSSR count). The summed E-state index contributed by atoms with van der Waals surface area (Å²) in [5.41, 5.74) is 11.5. The number of nitrogens with zero attached hydrogens (tertiary/aromatic N) is 5. The zero-order chi connectivity index (χ0) is 23.8. The van der Waals surface area contributed by atoms with Crippen LogP contribution < -0.4 is 22.3 Å². The Kier molecular flexibility index (Phi) is 5.25. The normalized spacial score (nSPS) is 11.0. The van der Waals surface area contributed by atoms with Gasteiger partial charge in [0.05, 0.1) is 56.6 Å². The number of hydrazine groups is 1. The van der Waals surface area contributed by atoms with Gasteiger partial charge in [0.2, 0.25) is 0 Å². The Morgan fingerprint density at radius 2 is 1.94 bits per heavy atom. The Morgan fingerprint density at radius 3 is 2.71 bits per heavy atom. The molecule has 0 spiro atoms. The van der Waals surface area contributed by atoms with Crippen molar-refractivity contribution in [1.82, 2.24) is 24.7 Å². The van der Waals surface area contributed by atoms with E-state index in [2.05, 4.69) is 26.1 Å². The van der Waals surface area contributed by atoms with Crippen LogP contribution in [0, 0.1) is 11.3 Å². The fourth-order valence-electron chi connectivity index (χ4n) is 3.70. The van der Waals surface area contributed by atoms with E-state index in [9.17, 15) is 4.79 Å². The van der Waals surface area contributed by atoms with Gasteiger partial charge in [-0.3, -0.25) is 14.7 Å². The maximum atomic E-state index is 11.6. The summed E-state index contributed by atoms with van der Waals surface area (Å²) in [4.78, 5) is 21.3. The quantitative estimate of drug-likeness (QED) is 0.174. The standard InChI is InChI=1S/C23H18ClN9O/c24-17-7-14(20-5-6-29-32(20)12-15-2-1-13(10-25)11-28-15)8-21(22(17)26)33(27)16-3-4-18-19(9-16)31-23(34)30-18/h1-9,11H,12,26-27H2,(H2,30,31,34). The largest absolute Gasteiger partial charge is 0.396 e. The Bertz CT molecular complexity index is 1610. The highest BCUT2D eigenvalue weighted by molar-refractivity contribution is 6.34. The summed E-state index contributed by atoms with van der Waals surface area (Å²) in [5.74, 6) is 6.43. The Morgan fingerprint density at radius 1 is 1.12 bits per heavy atom. The molecule has 3 aromatic heterocycles. The van der Waals surface area contributed by atoms with E-state index in [1.165, 1.54) is 11.2 Å². The molecule has 3 heterocycles. The number of nitrogens with two attached hydrogens (primary N) is 2. The second-order valence-corrected chi connectivity index (χ2v) is 8.00. The highest BCUT2D eigenvalue weighted by atomic mass is 35.5. The summed E-state index contributed by atoms with van der Waals surface area (Å²) in [6, 6.07) is 16.3. The predicted molar refractivity (Wildman–Crippen MR) is 130 cm³/mol. The molecule has 34 heavy (non-hydrogen) atoms. The van der Waals surface area contributed by atoms with Crippen molar-refractivity contribution in [3.05, 3.63) is 87.7 Å². The molecule has 10 nitrogen and oxygen atoms in total. The number of benzene rings is 2. The van der Waals surface area contributed by atoms with Crippen molar-refractivity contribution in [3.63, 3.8) is 0 Å². The summed E-state index contributed by atoms with van der Waals surface area (Å²) in [5, 5.41) is 15.1. The van der Waals surface area contributed by atoms with Crippen molar-refractivity contribution < 1.29 is 0 Å². The maximum absolute atomic E-state index is 11.6. The van der Waals surface area contributed by atoms with E-state index in [1.54, 1.807) is 47.3 Å². The van der Waals surface area contributed by atoms with E-state index in [1.807, 2.05) is 12.1 Å². The van der Waals surface area contributed by atoms with E-state index < -0.39 is 0 Å². The molecule has 0 aliphatic rings. The van der Waals surface area contributed by atoms with E-state index >= 15 is 0 Å². The third-order valence-electron chi connectivity index (χ3n) is 5.42. The monoisotopic (exact) mass is 471 g/mol. The van der Waals surface area contributed by atoms with Gasteiger partial charge >= 0.3 is 5.69 Å². The molecule has 168 valence electrons. The lowest BCUT2D eigenvalue weighted by Gasteiger charge is -2.22. The fraction of sp³-hybridized carbons (Fsp3) is 0.0435. The van der Waals surface area contributed by atoms with Crippen molar-refractivity contribution in [2.45, 2.75) is 6.54 Å². The number of rotatable bonds is 5. The zero-order valence-corrected chi connectivity index (χ0v) is 18.4. The summed E-state index contributed by atoms with van der Waals surface area (Å²) in [6.07, 6.45) is 3.21. The third kappa shape index (κ3) is 3.86. The number of aromatic amines is 2. The number of imidazole rings is 1. The van der Waals surface area contributed by atoms with Crippen LogP contribution in [0.5, 0.6) is 0 Å². The van der Waals surface area contributed by atoms with Gasteiger partial charge in [-0.05, 0) is 48.5 Å². The number of nitriles is 1. The van der Waals surface area contributed by atoms with Crippen molar-refractivity contribution >= 4 is 39.7 Å². The number of hydrogen-bond acceptors (Lipinski definition) is 7. The lowest BCUT2D eigenvalue weighted by Crippen LogP contribution is -2.26. The van der Waals surface area contributed by atoms with Crippen molar-refractivity contribution in [1.29, 1.82) is 5.26 Å². The summed E-state index contributed by atoms with van der Waals surface area (Å²) < 4.78 is 1.78. The summed E-state index contributed by atoms with van der Waals surface area (Å²) >= 11 is 6.48. The molecule has 0 aliphatic heterocycles. The van der Waals surface area contributed by atoms with Crippen molar-refractivity contribution in [2.24, 2.45) is 5.84 Å². The van der Waals surface area contributed by atoms with Crippen LogP contribution in [0.1, 0.15) is 11.3 Å². The molecule has 0 bridgehead atoms. The summed E-state index contributed by atoms with van der Waals surface area (Å²) in [7, 11) is 0. The minimum atomic E-state index is -0.301. The fourth-order valence-corrected chi connectivity index (χ4v) is 3.92. The average Bonchev–Trinajstić information content (AvgIpc) is 3.45. The number of hydrogen-bond donors (Lipinski definition) is 4. The van der Waals surface area contributed by atoms with Gasteiger partial charge in [0.25, 0.3) is 0 Å². The SMILES string of the molecule is N#Cc1ccc(Cn2nccc2-c2cc(Cl)c(N)c(N(N)c3ccc4[nH]c(=O)[nH]c4c3)c2)nc1. The van der Waals surface area contributed by atoms with Crippen molar-refractivity contribution in [3.8, 4) is 17.3 Å². The lowest BCUT2D eigenvalue weighted by atomic mass is 10.1. The topological polar surface area (TPSA) is 158 Å². The second kappa shape index (κ2) is 8.40. The molecule has 0 saturated carbocycles. The van der Waals surface area contributed by atoms with Crippen LogP contribution in [0.4, 0.5) is 17.1 Å². The molecule has 11 heteroatoms. The van der Waals surface area contributed by atoms with E-state index in [4.69, 9.17) is 28.4 Å². The van der Waals surface area contributed by atoms with Crippen LogP contribution in [0.2, 0.25) is 5.02 Å². The summed E-state index contributed by atoms with van der Waals surface area (Å²) in [6.45, 7) is 0.398. The molecule has 0 aliphatic carbocycles. The van der Waals surface area contributed by atoms with Gasteiger partial charge < -0.3 is 15.7 Å². The van der Waals surface area contributed by atoms with Gasteiger partial charge in [-0.25, -0.2) is 10.6 Å². The van der Waals surface area contributed by atoms with Crippen LogP contribution in [0.15, 0.2) is 65.7 Å². The average molecular weight is 472 g/mol. The van der Waals surface area contributed by atoms with Crippen LogP contribution in [0.25, 0.3) is 22.3 Å². The molecule has 2 aromatic carbocycles. The van der Waals surface area contributed by atoms with Gasteiger partial charge in [0.1, 0.15) is 6.07 Å². The number of H-pyrrole nitrogens is 2. The van der Waals surface area contributed by atoms with Crippen LogP contribution in [-0.2, 0) is 6.54 Å². The predicted octanol–water partition coefficient (Wildman–Crippen LogP) is 3.28. The number of nitrogens with one attached hydrogen (secondary N) is 2. The van der Waals surface area contributed by atoms with Gasteiger partial charge in [-0.2, -0.15) is 10.4 Å². The molecule has 0 atom stereocenters. The Balaban J connectivity index is 1.52. The number of anilines is 3. The highest BCUT2D eigenvalue weighted by Gasteiger charge is 2.17. The van der Waals surface area contributed by atoms with Gasteiger partial charge in [0.15, 0.2) is 0 Å². The number of halogens is 1. The van der Waals surface area contributed by atoms with E-state index in [-0.39, 0.29) is 5.69 Å². The molecule has 0 fully saturated rings. The number of fused-ring (bicyclic) bond motifs is 1. The Hall–Kier alpha value is -4.59. The first-order chi connectivity index (χ1) is 16.4. The molecule has 0 saturated heterocycles. The van der Waals surface area contributed by atoms with Gasteiger partial charge in [-0.1, -0.05) is 11.6 Å². The number of nitrogen functional groups attached to an aromatic ring is 1. The number of pyridine rings is 1. The van der Waals surface area contributed by atoms with Gasteiger partial charge in [0, 0.05) is 18.0 Å². The highest BCUT2D eigenvalue weighted by Crippen LogP contribution is 2.38. The minimum Gasteiger partial charge on any atom is -0.396 e. The molecule has 0 unspecified atom stereocenters. The van der Waals surface area contributed by atoms with E-state index in [0.29, 0.717) is 45.2 Å². The molecule has 0 radical (unpaired) electrons. The molecule has 5 aromatic rings. The van der Waals surface area contributed by atoms with E-state index in [0.717, 1.165) is 17.0 Å². The maximum Gasteiger partial charge on any atom is 0.323 e. The van der Waals surface area contributed by atoms with Crippen LogP contribution >= 0.6 is 11.6 Å².